The number of aromatic nitrogens is 2. The van der Waals surface area contributed by atoms with Gasteiger partial charge in [-0.05, 0) is 44.5 Å². The molecule has 0 atom stereocenters. The largest absolute Gasteiger partial charge is 0.491 e. The van der Waals surface area contributed by atoms with Crippen LogP contribution in [0.15, 0.2) is 36.7 Å². The second kappa shape index (κ2) is 6.89. The molecule has 0 aliphatic rings. The van der Waals surface area contributed by atoms with Crippen LogP contribution in [0, 0.1) is 0 Å². The summed E-state index contributed by atoms with van der Waals surface area (Å²) >= 11 is 0. The van der Waals surface area contributed by atoms with E-state index < -0.39 is 0 Å². The van der Waals surface area contributed by atoms with E-state index in [0.29, 0.717) is 0 Å². The molecule has 20 heavy (non-hydrogen) atoms. The number of benzene rings is 1. The smallest absolute Gasteiger partial charge is 0.152 e. The fraction of sp³-hybridized carbons (Fsp3) is 0.375. The fourth-order valence-electron chi connectivity index (χ4n) is 1.89. The molecular formula is C16H21N3O. The monoisotopic (exact) mass is 271 g/mol. The molecule has 0 unspecified atom stereocenters. The van der Waals surface area contributed by atoms with Gasteiger partial charge in [0.05, 0.1) is 6.10 Å². The first-order valence-electron chi connectivity index (χ1n) is 7.02. The summed E-state index contributed by atoms with van der Waals surface area (Å²) in [6.45, 7) is 7.05. The molecule has 2 aromatic rings. The molecule has 4 nitrogen and oxygen atoms in total. The zero-order chi connectivity index (χ0) is 14.4. The van der Waals surface area contributed by atoms with E-state index in [4.69, 9.17) is 4.74 Å². The van der Waals surface area contributed by atoms with Gasteiger partial charge in [0, 0.05) is 24.5 Å². The van der Waals surface area contributed by atoms with Gasteiger partial charge in [0.25, 0.3) is 0 Å². The van der Waals surface area contributed by atoms with Crippen LogP contribution in [0.2, 0.25) is 0 Å². The molecule has 1 aromatic carbocycles. The van der Waals surface area contributed by atoms with E-state index in [9.17, 15) is 0 Å². The van der Waals surface area contributed by atoms with Crippen molar-refractivity contribution < 1.29 is 4.74 Å². The third kappa shape index (κ3) is 3.70. The van der Waals surface area contributed by atoms with Crippen LogP contribution in [0.25, 0.3) is 11.3 Å². The van der Waals surface area contributed by atoms with Crippen LogP contribution in [0.4, 0.5) is 5.82 Å². The van der Waals surface area contributed by atoms with E-state index in [0.717, 1.165) is 35.8 Å². The minimum absolute atomic E-state index is 0.180. The maximum Gasteiger partial charge on any atom is 0.152 e. The topological polar surface area (TPSA) is 47.0 Å². The van der Waals surface area contributed by atoms with Crippen LogP contribution in [0.1, 0.15) is 27.2 Å². The molecule has 0 radical (unpaired) electrons. The highest BCUT2D eigenvalue weighted by molar-refractivity contribution is 5.71. The van der Waals surface area contributed by atoms with Crippen LogP contribution in [-0.2, 0) is 0 Å². The average Bonchev–Trinajstić information content (AvgIpc) is 2.46. The van der Waals surface area contributed by atoms with Gasteiger partial charge in [0.1, 0.15) is 11.4 Å². The van der Waals surface area contributed by atoms with Crippen molar-refractivity contribution in [3.8, 4) is 17.0 Å². The van der Waals surface area contributed by atoms with Gasteiger partial charge in [-0.25, -0.2) is 4.98 Å². The van der Waals surface area contributed by atoms with E-state index >= 15 is 0 Å². The SMILES string of the molecule is CCCNc1nccnc1-c1ccc(OC(C)C)cc1. The Morgan fingerprint density at radius 2 is 1.80 bits per heavy atom. The molecule has 0 amide bonds. The molecule has 1 heterocycles. The molecule has 1 aromatic heterocycles. The molecule has 0 aliphatic heterocycles. The quantitative estimate of drug-likeness (QED) is 0.869. The molecule has 0 bridgehead atoms. The van der Waals surface area contributed by atoms with Crippen LogP contribution < -0.4 is 10.1 Å². The number of hydrogen-bond acceptors (Lipinski definition) is 4. The Balaban J connectivity index is 2.22. The van der Waals surface area contributed by atoms with Crippen molar-refractivity contribution in [3.63, 3.8) is 0 Å². The molecule has 106 valence electrons. The molecule has 0 saturated carbocycles. The predicted octanol–water partition coefficient (Wildman–Crippen LogP) is 3.75. The van der Waals surface area contributed by atoms with Crippen LogP contribution >= 0.6 is 0 Å². The molecule has 2 rings (SSSR count). The summed E-state index contributed by atoms with van der Waals surface area (Å²) < 4.78 is 5.65. The van der Waals surface area contributed by atoms with E-state index in [2.05, 4.69) is 22.2 Å². The number of ether oxygens (including phenoxy) is 1. The normalized spacial score (nSPS) is 10.6. The van der Waals surface area contributed by atoms with Crippen molar-refractivity contribution >= 4 is 5.82 Å². The van der Waals surface area contributed by atoms with E-state index in [-0.39, 0.29) is 6.10 Å². The van der Waals surface area contributed by atoms with Gasteiger partial charge >= 0.3 is 0 Å². The van der Waals surface area contributed by atoms with E-state index in [1.165, 1.54) is 0 Å². The highest BCUT2D eigenvalue weighted by Gasteiger charge is 2.07. The van der Waals surface area contributed by atoms with Gasteiger partial charge in [0.2, 0.25) is 0 Å². The molecule has 0 fully saturated rings. The number of nitrogens with zero attached hydrogens (tertiary/aromatic N) is 2. The van der Waals surface area contributed by atoms with Crippen molar-refractivity contribution in [1.29, 1.82) is 0 Å². The van der Waals surface area contributed by atoms with E-state index in [1.807, 2.05) is 38.1 Å². The zero-order valence-corrected chi connectivity index (χ0v) is 12.3. The lowest BCUT2D eigenvalue weighted by atomic mass is 10.1. The summed E-state index contributed by atoms with van der Waals surface area (Å²) in [5.74, 6) is 1.70. The lowest BCUT2D eigenvalue weighted by Crippen LogP contribution is -2.06. The summed E-state index contributed by atoms with van der Waals surface area (Å²) in [6.07, 6.45) is 4.65. The van der Waals surface area contributed by atoms with Gasteiger partial charge in [-0.1, -0.05) is 6.92 Å². The Morgan fingerprint density at radius 3 is 2.45 bits per heavy atom. The van der Waals surface area contributed by atoms with Gasteiger partial charge in [-0.15, -0.1) is 0 Å². The predicted molar refractivity (Wildman–Crippen MR) is 82.0 cm³/mol. The number of nitrogens with one attached hydrogen (secondary N) is 1. The lowest BCUT2D eigenvalue weighted by molar-refractivity contribution is 0.242. The Labute approximate surface area is 120 Å². The lowest BCUT2D eigenvalue weighted by Gasteiger charge is -2.11. The first kappa shape index (κ1) is 14.3. The minimum Gasteiger partial charge on any atom is -0.491 e. The minimum atomic E-state index is 0.180. The van der Waals surface area contributed by atoms with Gasteiger partial charge in [-0.3, -0.25) is 4.98 Å². The standard InChI is InChI=1S/C16H21N3O/c1-4-9-18-16-15(17-10-11-19-16)13-5-7-14(8-6-13)20-12(2)3/h5-8,10-12H,4,9H2,1-3H3,(H,18,19). The Morgan fingerprint density at radius 1 is 1.10 bits per heavy atom. The number of anilines is 1. The van der Waals surface area contributed by atoms with Gasteiger partial charge in [0.15, 0.2) is 5.82 Å². The summed E-state index contributed by atoms with van der Waals surface area (Å²) in [7, 11) is 0. The van der Waals surface area contributed by atoms with Crippen molar-refractivity contribution in [2.24, 2.45) is 0 Å². The van der Waals surface area contributed by atoms with Crippen molar-refractivity contribution in [1.82, 2.24) is 9.97 Å². The highest BCUT2D eigenvalue weighted by atomic mass is 16.5. The first-order valence-corrected chi connectivity index (χ1v) is 7.02. The molecule has 0 aliphatic carbocycles. The number of rotatable bonds is 6. The Hall–Kier alpha value is -2.10. The van der Waals surface area contributed by atoms with Gasteiger partial charge in [-0.2, -0.15) is 0 Å². The van der Waals surface area contributed by atoms with Crippen molar-refractivity contribution in [2.75, 3.05) is 11.9 Å². The van der Waals surface area contributed by atoms with Crippen molar-refractivity contribution in [3.05, 3.63) is 36.7 Å². The second-order valence-electron chi connectivity index (χ2n) is 4.87. The molecular weight excluding hydrogens is 250 g/mol. The average molecular weight is 271 g/mol. The second-order valence-corrected chi connectivity index (χ2v) is 4.87. The summed E-state index contributed by atoms with van der Waals surface area (Å²) in [5, 5.41) is 3.30. The molecule has 4 heteroatoms. The first-order chi connectivity index (χ1) is 9.70. The maximum absolute atomic E-state index is 5.65. The maximum atomic E-state index is 5.65. The summed E-state index contributed by atoms with van der Waals surface area (Å²) in [4.78, 5) is 8.79. The highest BCUT2D eigenvalue weighted by Crippen LogP contribution is 2.25. The van der Waals surface area contributed by atoms with Crippen LogP contribution in [0.3, 0.4) is 0 Å². The van der Waals surface area contributed by atoms with E-state index in [1.54, 1.807) is 12.4 Å². The third-order valence-corrected chi connectivity index (χ3v) is 2.74. The zero-order valence-electron chi connectivity index (χ0n) is 12.3. The fourth-order valence-corrected chi connectivity index (χ4v) is 1.89. The van der Waals surface area contributed by atoms with Gasteiger partial charge < -0.3 is 10.1 Å². The third-order valence-electron chi connectivity index (χ3n) is 2.74. The van der Waals surface area contributed by atoms with Crippen molar-refractivity contribution in [2.45, 2.75) is 33.3 Å². The molecule has 0 saturated heterocycles. The summed E-state index contributed by atoms with van der Waals surface area (Å²) in [6, 6.07) is 7.96. The number of hydrogen-bond donors (Lipinski definition) is 1. The Kier molecular flexibility index (Phi) is 4.93. The molecule has 1 N–H and O–H groups in total. The summed E-state index contributed by atoms with van der Waals surface area (Å²) in [5.41, 5.74) is 1.91. The van der Waals surface area contributed by atoms with Crippen LogP contribution in [-0.4, -0.2) is 22.6 Å². The Bertz CT molecular complexity index is 538. The van der Waals surface area contributed by atoms with Crippen LogP contribution in [0.5, 0.6) is 5.75 Å². The molecule has 0 spiro atoms.